The fourth-order valence-electron chi connectivity index (χ4n) is 6.62. The van der Waals surface area contributed by atoms with Gasteiger partial charge in [0.05, 0.1) is 23.3 Å². The fraction of sp³-hybridized carbons (Fsp3) is 0.390. The molecule has 10 nitrogen and oxygen atoms in total. The van der Waals surface area contributed by atoms with E-state index in [9.17, 15) is 20.3 Å². The molecule has 1 aliphatic rings. The van der Waals surface area contributed by atoms with E-state index in [-0.39, 0.29) is 25.9 Å². The third-order valence-electron chi connectivity index (χ3n) is 9.58. The van der Waals surface area contributed by atoms with Crippen LogP contribution in [0.3, 0.4) is 0 Å². The number of aromatic nitrogens is 1. The van der Waals surface area contributed by atoms with E-state index in [1.807, 2.05) is 31.2 Å². The van der Waals surface area contributed by atoms with Crippen molar-refractivity contribution in [2.45, 2.75) is 71.9 Å². The Labute approximate surface area is 311 Å². The molecule has 0 spiro atoms. The van der Waals surface area contributed by atoms with Gasteiger partial charge in [0.15, 0.2) is 0 Å². The molecule has 1 fully saturated rings. The monoisotopic (exact) mass is 726 g/mol. The molecule has 274 valence electrons. The first kappa shape index (κ1) is 38.6. The number of pyridine rings is 1. The maximum Gasteiger partial charge on any atom is 0.320 e. The van der Waals surface area contributed by atoms with Crippen LogP contribution in [-0.4, -0.2) is 76.4 Å². The summed E-state index contributed by atoms with van der Waals surface area (Å²) in [6, 6.07) is 18.9. The number of halogens is 1. The van der Waals surface area contributed by atoms with Crippen LogP contribution in [0, 0.1) is 25.2 Å². The first-order valence-electron chi connectivity index (χ1n) is 17.6. The van der Waals surface area contributed by atoms with Crippen molar-refractivity contribution >= 4 is 17.6 Å². The molecular weight excluding hydrogens is 680 g/mol. The molecule has 52 heavy (non-hydrogen) atoms. The van der Waals surface area contributed by atoms with Gasteiger partial charge in [0, 0.05) is 55.8 Å². The van der Waals surface area contributed by atoms with Crippen molar-refractivity contribution in [3.8, 4) is 34.4 Å². The number of nitrogens with zero attached hydrogens (tertiary/aromatic N) is 4. The Balaban J connectivity index is 1.32. The molecule has 11 heteroatoms. The molecular formula is C41H47ClN4O6. The van der Waals surface area contributed by atoms with Gasteiger partial charge in [-0.3, -0.25) is 14.7 Å². The SMILES string of the molecule is CCC(C(=O)O)N(C)Cc1cc(Cl)c(OCc2cccc(-c3cccc(OCCCN4CCC(O)C4)c3C)c2C)cc1OCc1cncc(C#N)c1. The second-order valence-electron chi connectivity index (χ2n) is 13.3. The van der Waals surface area contributed by atoms with Crippen LogP contribution < -0.4 is 14.2 Å². The maximum absolute atomic E-state index is 11.9. The quantitative estimate of drug-likeness (QED) is 0.108. The minimum atomic E-state index is -0.903. The van der Waals surface area contributed by atoms with Crippen LogP contribution in [0.1, 0.15) is 59.6 Å². The van der Waals surface area contributed by atoms with E-state index < -0.39 is 12.0 Å². The molecule has 3 aromatic carbocycles. The molecule has 1 saturated heterocycles. The van der Waals surface area contributed by atoms with Gasteiger partial charge < -0.3 is 29.3 Å². The summed E-state index contributed by atoms with van der Waals surface area (Å²) in [4.78, 5) is 20.0. The highest BCUT2D eigenvalue weighted by Crippen LogP contribution is 2.37. The second kappa shape index (κ2) is 18.2. The molecule has 2 atom stereocenters. The minimum absolute atomic E-state index is 0.141. The number of likely N-dealkylation sites (N-methyl/N-ethyl adjacent to an activating group) is 1. The van der Waals surface area contributed by atoms with Crippen LogP contribution in [0.5, 0.6) is 17.2 Å². The van der Waals surface area contributed by atoms with Gasteiger partial charge in [-0.25, -0.2) is 0 Å². The number of hydrogen-bond acceptors (Lipinski definition) is 9. The summed E-state index contributed by atoms with van der Waals surface area (Å²) < 4.78 is 18.8. The molecule has 1 aromatic heterocycles. The molecule has 2 N–H and O–H groups in total. The fourth-order valence-corrected chi connectivity index (χ4v) is 6.86. The molecule has 1 aliphatic heterocycles. The van der Waals surface area contributed by atoms with Crippen LogP contribution in [0.15, 0.2) is 67.0 Å². The number of carbonyl (C=O) groups is 1. The summed E-state index contributed by atoms with van der Waals surface area (Å²) in [5.74, 6) is 0.871. The van der Waals surface area contributed by atoms with Gasteiger partial charge in [-0.2, -0.15) is 5.26 Å². The first-order valence-corrected chi connectivity index (χ1v) is 18.0. The molecule has 4 aromatic rings. The summed E-state index contributed by atoms with van der Waals surface area (Å²) in [5, 5.41) is 29.2. The largest absolute Gasteiger partial charge is 0.493 e. The van der Waals surface area contributed by atoms with E-state index in [0.29, 0.717) is 46.2 Å². The van der Waals surface area contributed by atoms with E-state index in [1.165, 1.54) is 6.20 Å². The van der Waals surface area contributed by atoms with E-state index >= 15 is 0 Å². The summed E-state index contributed by atoms with van der Waals surface area (Å²) in [7, 11) is 1.76. The number of β-amino-alcohol motifs (C(OH)–C–C–N with tert-alkyl or cyclic N) is 1. The van der Waals surface area contributed by atoms with Crippen LogP contribution in [0.4, 0.5) is 0 Å². The third-order valence-corrected chi connectivity index (χ3v) is 9.88. The van der Waals surface area contributed by atoms with Gasteiger partial charge in [-0.15, -0.1) is 0 Å². The van der Waals surface area contributed by atoms with Crippen LogP contribution in [-0.2, 0) is 24.6 Å². The normalized spacial score (nSPS) is 15.0. The van der Waals surface area contributed by atoms with Crippen molar-refractivity contribution in [2.75, 3.05) is 33.3 Å². The zero-order valence-electron chi connectivity index (χ0n) is 30.3. The van der Waals surface area contributed by atoms with Crippen molar-refractivity contribution < 1.29 is 29.2 Å². The van der Waals surface area contributed by atoms with E-state index in [4.69, 9.17) is 25.8 Å². The average molecular weight is 727 g/mol. The summed E-state index contributed by atoms with van der Waals surface area (Å²) in [6.45, 7) is 9.85. The molecule has 2 heterocycles. The van der Waals surface area contributed by atoms with Gasteiger partial charge in [0.1, 0.15) is 42.6 Å². The number of likely N-dealkylation sites (tertiary alicyclic amines) is 1. The van der Waals surface area contributed by atoms with Crippen molar-refractivity contribution in [1.82, 2.24) is 14.8 Å². The Hall–Kier alpha value is -4.66. The van der Waals surface area contributed by atoms with E-state index in [1.54, 1.807) is 36.3 Å². The van der Waals surface area contributed by atoms with Crippen molar-refractivity contribution in [3.05, 3.63) is 105 Å². The second-order valence-corrected chi connectivity index (χ2v) is 13.7. The Morgan fingerprint density at radius 3 is 2.48 bits per heavy atom. The van der Waals surface area contributed by atoms with Crippen molar-refractivity contribution in [3.63, 3.8) is 0 Å². The third kappa shape index (κ3) is 9.81. The molecule has 0 aliphatic carbocycles. The number of benzene rings is 3. The maximum atomic E-state index is 11.9. The Morgan fingerprint density at radius 2 is 1.77 bits per heavy atom. The lowest BCUT2D eigenvalue weighted by Crippen LogP contribution is -2.37. The number of ether oxygens (including phenoxy) is 3. The predicted molar refractivity (Wildman–Crippen MR) is 201 cm³/mol. The van der Waals surface area contributed by atoms with Gasteiger partial charge in [0.25, 0.3) is 0 Å². The van der Waals surface area contributed by atoms with Gasteiger partial charge in [-0.1, -0.05) is 48.9 Å². The first-order chi connectivity index (χ1) is 25.1. The molecule has 5 rings (SSSR count). The molecule has 0 radical (unpaired) electrons. The van der Waals surface area contributed by atoms with Crippen LogP contribution in [0.25, 0.3) is 11.1 Å². The molecule has 2 unspecified atom stereocenters. The molecule has 0 amide bonds. The number of aliphatic hydroxyl groups is 1. The number of carboxylic acid groups (broad SMARTS) is 1. The lowest BCUT2D eigenvalue weighted by molar-refractivity contribution is -0.143. The van der Waals surface area contributed by atoms with Gasteiger partial charge >= 0.3 is 5.97 Å². The average Bonchev–Trinajstić information content (AvgIpc) is 3.55. The van der Waals surface area contributed by atoms with Crippen LogP contribution in [0.2, 0.25) is 5.02 Å². The van der Waals surface area contributed by atoms with E-state index in [2.05, 4.69) is 41.9 Å². The van der Waals surface area contributed by atoms with Crippen molar-refractivity contribution in [2.24, 2.45) is 0 Å². The smallest absolute Gasteiger partial charge is 0.320 e. The number of nitriles is 1. The zero-order valence-corrected chi connectivity index (χ0v) is 31.0. The number of hydrogen-bond donors (Lipinski definition) is 2. The molecule has 0 bridgehead atoms. The molecule has 0 saturated carbocycles. The highest BCUT2D eigenvalue weighted by molar-refractivity contribution is 6.32. The predicted octanol–water partition coefficient (Wildman–Crippen LogP) is 7.18. The minimum Gasteiger partial charge on any atom is -0.493 e. The summed E-state index contributed by atoms with van der Waals surface area (Å²) in [6.07, 6.45) is 5.08. The number of aliphatic carboxylic acids is 1. The van der Waals surface area contributed by atoms with Gasteiger partial charge in [0.2, 0.25) is 0 Å². The summed E-state index contributed by atoms with van der Waals surface area (Å²) in [5.41, 5.74) is 7.15. The lowest BCUT2D eigenvalue weighted by atomic mass is 9.93. The van der Waals surface area contributed by atoms with E-state index in [0.717, 1.165) is 66.0 Å². The highest BCUT2D eigenvalue weighted by atomic mass is 35.5. The highest BCUT2D eigenvalue weighted by Gasteiger charge is 2.23. The zero-order chi connectivity index (χ0) is 37.2. The Kier molecular flexibility index (Phi) is 13.5. The van der Waals surface area contributed by atoms with Crippen LogP contribution >= 0.6 is 11.6 Å². The summed E-state index contributed by atoms with van der Waals surface area (Å²) >= 11 is 6.80. The number of carboxylic acids is 1. The van der Waals surface area contributed by atoms with Gasteiger partial charge in [-0.05, 0) is 86.2 Å². The number of aliphatic hydroxyl groups excluding tert-OH is 1. The topological polar surface area (TPSA) is 128 Å². The van der Waals surface area contributed by atoms with Crippen molar-refractivity contribution in [1.29, 1.82) is 5.26 Å². The lowest BCUT2D eigenvalue weighted by Gasteiger charge is -2.25. The Morgan fingerprint density at radius 1 is 1.02 bits per heavy atom. The number of rotatable bonds is 17. The standard InChI is InChI=1S/C41H47ClN4O6/c1-5-37(41(48)49)45(4)23-32-18-36(42)40(19-39(32)51-25-30-17-29(20-43)21-44-22-30)52-26-31-9-6-10-34(27(31)2)35-11-7-12-38(28(35)3)50-16-8-14-46-15-13-33(47)24-46/h6-7,9-12,17-19,21-22,33,37,47H,5,8,13-16,23-26H2,1-4H3,(H,48,49). The Bertz CT molecular complexity index is 1900.